The summed E-state index contributed by atoms with van der Waals surface area (Å²) in [6.07, 6.45) is 0. The summed E-state index contributed by atoms with van der Waals surface area (Å²) in [6.45, 7) is 1.61. The van der Waals surface area contributed by atoms with Crippen molar-refractivity contribution in [1.82, 2.24) is 10.6 Å². The summed E-state index contributed by atoms with van der Waals surface area (Å²) in [4.78, 5) is 34.5. The molecule has 1 aromatic carbocycles. The van der Waals surface area contributed by atoms with Crippen molar-refractivity contribution in [2.24, 2.45) is 5.73 Å². The van der Waals surface area contributed by atoms with Crippen LogP contribution in [0.4, 0.5) is 4.79 Å². The van der Waals surface area contributed by atoms with Gasteiger partial charge in [0.05, 0.1) is 24.3 Å². The Balaban J connectivity index is 2.39. The Morgan fingerprint density at radius 2 is 1.86 bits per heavy atom. The van der Waals surface area contributed by atoms with E-state index in [0.29, 0.717) is 16.8 Å². The molecule has 110 valence electrons. The molecule has 2 rings (SSSR count). The number of primary amides is 1. The number of methoxy groups -OCH3 is 1. The monoisotopic (exact) mass is 289 g/mol. The molecular formula is C14H15N3O4. The molecule has 0 radical (unpaired) electrons. The first-order valence-corrected chi connectivity index (χ1v) is 6.20. The maximum absolute atomic E-state index is 11.6. The molecule has 1 atom stereocenters. The highest BCUT2D eigenvalue weighted by Crippen LogP contribution is 2.26. The molecule has 21 heavy (non-hydrogen) atoms. The number of hydrogen-bond acceptors (Lipinski definition) is 4. The van der Waals surface area contributed by atoms with Gasteiger partial charge in [0, 0.05) is 5.70 Å². The normalized spacial score (nSPS) is 17.8. The smallest absolute Gasteiger partial charge is 0.337 e. The molecule has 7 heteroatoms. The minimum absolute atomic E-state index is 0.278. The van der Waals surface area contributed by atoms with Crippen LogP contribution >= 0.6 is 0 Å². The lowest BCUT2D eigenvalue weighted by Crippen LogP contribution is -2.46. The van der Waals surface area contributed by atoms with Crippen molar-refractivity contribution in [2.45, 2.75) is 13.0 Å². The van der Waals surface area contributed by atoms with E-state index in [1.54, 1.807) is 31.2 Å². The van der Waals surface area contributed by atoms with Gasteiger partial charge in [0.15, 0.2) is 0 Å². The zero-order valence-electron chi connectivity index (χ0n) is 11.6. The zero-order valence-corrected chi connectivity index (χ0v) is 11.6. The molecule has 1 aliphatic heterocycles. The minimum Gasteiger partial charge on any atom is -0.465 e. The first kappa shape index (κ1) is 14.6. The predicted molar refractivity (Wildman–Crippen MR) is 74.1 cm³/mol. The van der Waals surface area contributed by atoms with Crippen LogP contribution in [0.2, 0.25) is 0 Å². The van der Waals surface area contributed by atoms with Gasteiger partial charge in [-0.25, -0.2) is 9.59 Å². The molecule has 3 amide bonds. The molecule has 0 saturated heterocycles. The molecule has 0 saturated carbocycles. The lowest BCUT2D eigenvalue weighted by atomic mass is 9.94. The number of ether oxygens (including phenoxy) is 1. The van der Waals surface area contributed by atoms with E-state index in [1.807, 2.05) is 0 Å². The molecule has 4 N–H and O–H groups in total. The van der Waals surface area contributed by atoms with E-state index < -0.39 is 23.9 Å². The van der Waals surface area contributed by atoms with Crippen molar-refractivity contribution < 1.29 is 19.1 Å². The van der Waals surface area contributed by atoms with Crippen LogP contribution in [0.3, 0.4) is 0 Å². The number of allylic oxidation sites excluding steroid dienone is 1. The Kier molecular flexibility index (Phi) is 3.93. The van der Waals surface area contributed by atoms with E-state index >= 15 is 0 Å². The number of urea groups is 1. The van der Waals surface area contributed by atoms with Crippen molar-refractivity contribution in [3.63, 3.8) is 0 Å². The summed E-state index contributed by atoms with van der Waals surface area (Å²) in [5, 5.41) is 5.14. The van der Waals surface area contributed by atoms with Crippen LogP contribution in [-0.2, 0) is 9.53 Å². The van der Waals surface area contributed by atoms with E-state index in [4.69, 9.17) is 5.73 Å². The number of esters is 1. The molecule has 0 aromatic heterocycles. The Labute approximate surface area is 121 Å². The molecule has 0 unspecified atom stereocenters. The number of amides is 3. The molecule has 1 heterocycles. The maximum atomic E-state index is 11.6. The van der Waals surface area contributed by atoms with Gasteiger partial charge < -0.3 is 21.1 Å². The van der Waals surface area contributed by atoms with Crippen LogP contribution in [0.15, 0.2) is 35.5 Å². The van der Waals surface area contributed by atoms with Gasteiger partial charge in [-0.1, -0.05) is 12.1 Å². The fraction of sp³-hybridized carbons (Fsp3) is 0.214. The van der Waals surface area contributed by atoms with E-state index in [2.05, 4.69) is 15.4 Å². The first-order valence-electron chi connectivity index (χ1n) is 6.20. The third kappa shape index (κ3) is 2.86. The van der Waals surface area contributed by atoms with Gasteiger partial charge in [0.1, 0.15) is 0 Å². The molecule has 7 nitrogen and oxygen atoms in total. The van der Waals surface area contributed by atoms with Crippen LogP contribution in [0, 0.1) is 0 Å². The molecular weight excluding hydrogens is 274 g/mol. The van der Waals surface area contributed by atoms with Gasteiger partial charge in [-0.3, -0.25) is 4.79 Å². The summed E-state index contributed by atoms with van der Waals surface area (Å²) in [7, 11) is 1.29. The molecule has 0 aliphatic carbocycles. The van der Waals surface area contributed by atoms with Crippen molar-refractivity contribution in [3.05, 3.63) is 46.7 Å². The second-order valence-electron chi connectivity index (χ2n) is 4.55. The Bertz CT molecular complexity index is 634. The Morgan fingerprint density at radius 1 is 1.24 bits per heavy atom. The fourth-order valence-corrected chi connectivity index (χ4v) is 2.20. The molecule has 0 fully saturated rings. The number of benzene rings is 1. The topological polar surface area (TPSA) is 111 Å². The first-order chi connectivity index (χ1) is 9.93. The predicted octanol–water partition coefficient (Wildman–Crippen LogP) is 0.586. The number of hydrogen-bond donors (Lipinski definition) is 3. The van der Waals surface area contributed by atoms with Crippen molar-refractivity contribution in [3.8, 4) is 0 Å². The van der Waals surface area contributed by atoms with Crippen LogP contribution in [0.1, 0.15) is 28.9 Å². The lowest BCUT2D eigenvalue weighted by molar-refractivity contribution is -0.115. The van der Waals surface area contributed by atoms with Crippen LogP contribution in [-0.4, -0.2) is 25.0 Å². The van der Waals surface area contributed by atoms with Crippen LogP contribution in [0.25, 0.3) is 0 Å². The number of nitrogens with two attached hydrogens (primary N) is 1. The van der Waals surface area contributed by atoms with Gasteiger partial charge in [-0.15, -0.1) is 0 Å². The summed E-state index contributed by atoms with van der Waals surface area (Å²) in [6, 6.07) is 5.33. The number of rotatable bonds is 3. The molecule has 0 spiro atoms. The largest absolute Gasteiger partial charge is 0.465 e. The fourth-order valence-electron chi connectivity index (χ4n) is 2.20. The van der Waals surface area contributed by atoms with E-state index in [1.165, 1.54) is 7.11 Å². The van der Waals surface area contributed by atoms with E-state index in [9.17, 15) is 14.4 Å². The average molecular weight is 289 g/mol. The number of carbonyl (C=O) groups excluding carboxylic acids is 3. The highest BCUT2D eigenvalue weighted by atomic mass is 16.5. The zero-order chi connectivity index (χ0) is 15.6. The Morgan fingerprint density at radius 3 is 2.38 bits per heavy atom. The third-order valence-electron chi connectivity index (χ3n) is 3.20. The number of carbonyl (C=O) groups is 3. The highest BCUT2D eigenvalue weighted by molar-refractivity contribution is 5.97. The maximum Gasteiger partial charge on any atom is 0.337 e. The standard InChI is InChI=1S/C14H15N3O4/c1-7-10(12(15)18)11(17-14(20)16-7)8-3-5-9(6-4-8)13(19)21-2/h3-6,11H,1-2H3,(H2,15,18)(H2,16,17,20)/t11-/m0/s1. The lowest BCUT2D eigenvalue weighted by Gasteiger charge is -2.27. The van der Waals surface area contributed by atoms with Gasteiger partial charge in [-0.2, -0.15) is 0 Å². The van der Waals surface area contributed by atoms with Gasteiger partial charge in [0.2, 0.25) is 5.91 Å². The summed E-state index contributed by atoms with van der Waals surface area (Å²) in [5.41, 5.74) is 7.08. The second kappa shape index (κ2) is 5.66. The quantitative estimate of drug-likeness (QED) is 0.707. The second-order valence-corrected chi connectivity index (χ2v) is 4.55. The van der Waals surface area contributed by atoms with E-state index in [-0.39, 0.29) is 5.57 Å². The average Bonchev–Trinajstić information content (AvgIpc) is 2.45. The van der Waals surface area contributed by atoms with Gasteiger partial charge >= 0.3 is 12.0 Å². The van der Waals surface area contributed by atoms with Crippen molar-refractivity contribution >= 4 is 17.9 Å². The SMILES string of the molecule is COC(=O)c1ccc([C@@H]2NC(=O)NC(C)=C2C(N)=O)cc1. The summed E-state index contributed by atoms with van der Waals surface area (Å²) >= 11 is 0. The number of nitrogens with one attached hydrogen (secondary N) is 2. The summed E-state index contributed by atoms with van der Waals surface area (Å²) < 4.78 is 4.61. The molecule has 1 aliphatic rings. The van der Waals surface area contributed by atoms with Crippen molar-refractivity contribution in [2.75, 3.05) is 7.11 Å². The molecule has 1 aromatic rings. The molecule has 0 bridgehead atoms. The highest BCUT2D eigenvalue weighted by Gasteiger charge is 2.29. The summed E-state index contributed by atoms with van der Waals surface area (Å²) in [5.74, 6) is -1.08. The van der Waals surface area contributed by atoms with Crippen LogP contribution < -0.4 is 16.4 Å². The van der Waals surface area contributed by atoms with Crippen molar-refractivity contribution in [1.29, 1.82) is 0 Å². The van der Waals surface area contributed by atoms with Crippen LogP contribution in [0.5, 0.6) is 0 Å². The van der Waals surface area contributed by atoms with E-state index in [0.717, 1.165) is 0 Å². The van der Waals surface area contributed by atoms with Gasteiger partial charge in [0.25, 0.3) is 0 Å². The minimum atomic E-state index is -0.650. The third-order valence-corrected chi connectivity index (χ3v) is 3.20. The van der Waals surface area contributed by atoms with Gasteiger partial charge in [-0.05, 0) is 24.6 Å². The Hall–Kier alpha value is -2.83.